The number of rotatable bonds is 5. The molecule has 1 saturated carbocycles. The van der Waals surface area contributed by atoms with E-state index in [9.17, 15) is 9.59 Å². The zero-order chi connectivity index (χ0) is 29.1. The number of halogens is 2. The van der Waals surface area contributed by atoms with Gasteiger partial charge >= 0.3 is 12.2 Å². The Morgan fingerprint density at radius 1 is 1.03 bits per heavy atom. The number of nitrogens with zero attached hydrogens (tertiary/aromatic N) is 5. The fourth-order valence-electron chi connectivity index (χ4n) is 4.17. The molecule has 1 aliphatic rings. The lowest BCUT2D eigenvalue weighted by atomic mass is 9.88. The first kappa shape index (κ1) is 30.5. The maximum atomic E-state index is 15.1. The number of alkyl halides is 1. The third-order valence-corrected chi connectivity index (χ3v) is 6.60. The van der Waals surface area contributed by atoms with Crippen LogP contribution in [0.3, 0.4) is 0 Å². The summed E-state index contributed by atoms with van der Waals surface area (Å²) in [4.78, 5) is 32.5. The van der Waals surface area contributed by atoms with Crippen LogP contribution < -0.4 is 9.64 Å². The Balaban J connectivity index is 1.76. The summed E-state index contributed by atoms with van der Waals surface area (Å²) in [6, 6.07) is 4.35. The molecule has 0 saturated heterocycles. The predicted molar refractivity (Wildman–Crippen MR) is 149 cm³/mol. The standard InChI is InChI=1S/C27H37BrFN5O5/c1-26(2,3)38-24(35)33(7)17-10-12-19(29)20(14-17)34(8)22-15-30-23(32-31-22)18-11-9-16(28)13-21(18)37-25(36)39-27(4,5)6/h9,11,13,15,17,19-20H,10,12,14H2,1-8H3/t17-,19-,20+/m1/s1. The molecule has 1 aromatic heterocycles. The van der Waals surface area contributed by atoms with Crippen molar-refractivity contribution in [2.24, 2.45) is 0 Å². The second kappa shape index (κ2) is 12.0. The summed E-state index contributed by atoms with van der Waals surface area (Å²) in [5, 5.41) is 8.51. The Bertz CT molecular complexity index is 1170. The molecule has 0 spiro atoms. The first-order valence-corrected chi connectivity index (χ1v) is 13.6. The molecule has 1 aromatic carbocycles. The second-order valence-electron chi connectivity index (χ2n) is 11.6. The van der Waals surface area contributed by atoms with Crippen LogP contribution in [-0.2, 0) is 9.47 Å². The van der Waals surface area contributed by atoms with Crippen LogP contribution in [0.5, 0.6) is 5.75 Å². The lowest BCUT2D eigenvalue weighted by Crippen LogP contribution is -2.51. The molecule has 3 rings (SSSR count). The molecule has 12 heteroatoms. The number of aromatic nitrogens is 3. The van der Waals surface area contributed by atoms with Crippen molar-refractivity contribution in [2.45, 2.75) is 90.3 Å². The maximum Gasteiger partial charge on any atom is 0.514 e. The molecule has 1 aliphatic carbocycles. The van der Waals surface area contributed by atoms with Gasteiger partial charge in [-0.15, -0.1) is 10.2 Å². The number of ether oxygens (including phenoxy) is 3. The zero-order valence-electron chi connectivity index (χ0n) is 23.7. The van der Waals surface area contributed by atoms with Crippen LogP contribution in [0.4, 0.5) is 19.8 Å². The Labute approximate surface area is 237 Å². The number of benzene rings is 1. The third-order valence-electron chi connectivity index (χ3n) is 6.11. The molecule has 0 N–H and O–H groups in total. The lowest BCUT2D eigenvalue weighted by Gasteiger charge is -2.41. The lowest BCUT2D eigenvalue weighted by molar-refractivity contribution is 0.0144. The van der Waals surface area contributed by atoms with Crippen LogP contribution in [0, 0.1) is 0 Å². The van der Waals surface area contributed by atoms with E-state index < -0.39 is 35.7 Å². The van der Waals surface area contributed by atoms with Crippen LogP contribution >= 0.6 is 15.9 Å². The Kier molecular flexibility index (Phi) is 9.40. The average Bonchev–Trinajstić information content (AvgIpc) is 2.81. The molecule has 1 fully saturated rings. The van der Waals surface area contributed by atoms with Gasteiger partial charge < -0.3 is 24.0 Å². The normalized spacial score (nSPS) is 19.7. The van der Waals surface area contributed by atoms with E-state index in [1.54, 1.807) is 62.9 Å². The van der Waals surface area contributed by atoms with Gasteiger partial charge in [0.2, 0.25) is 0 Å². The van der Waals surface area contributed by atoms with Crippen molar-refractivity contribution >= 4 is 34.0 Å². The summed E-state index contributed by atoms with van der Waals surface area (Å²) in [5.41, 5.74) is -0.901. The van der Waals surface area contributed by atoms with Gasteiger partial charge in [-0.1, -0.05) is 15.9 Å². The fourth-order valence-corrected chi connectivity index (χ4v) is 4.51. The number of hydrogen-bond donors (Lipinski definition) is 0. The van der Waals surface area contributed by atoms with Crippen molar-refractivity contribution in [3.63, 3.8) is 0 Å². The molecule has 10 nitrogen and oxygen atoms in total. The third kappa shape index (κ3) is 8.48. The number of hydrogen-bond acceptors (Lipinski definition) is 9. The van der Waals surface area contributed by atoms with Gasteiger partial charge in [0.15, 0.2) is 11.6 Å². The van der Waals surface area contributed by atoms with Gasteiger partial charge in [0.1, 0.15) is 23.1 Å². The largest absolute Gasteiger partial charge is 0.514 e. The van der Waals surface area contributed by atoms with Crippen LogP contribution in [-0.4, -0.2) is 75.9 Å². The molecular weight excluding hydrogens is 573 g/mol. The monoisotopic (exact) mass is 609 g/mol. The van der Waals surface area contributed by atoms with Crippen molar-refractivity contribution in [1.29, 1.82) is 0 Å². The van der Waals surface area contributed by atoms with E-state index >= 15 is 4.39 Å². The van der Waals surface area contributed by atoms with Gasteiger partial charge in [-0.05, 0) is 79.0 Å². The van der Waals surface area contributed by atoms with Gasteiger partial charge in [-0.3, -0.25) is 0 Å². The zero-order valence-corrected chi connectivity index (χ0v) is 25.3. The van der Waals surface area contributed by atoms with Crippen LogP contribution in [0.25, 0.3) is 11.4 Å². The molecule has 214 valence electrons. The summed E-state index contributed by atoms with van der Waals surface area (Å²) >= 11 is 3.38. The average molecular weight is 611 g/mol. The van der Waals surface area contributed by atoms with E-state index in [-0.39, 0.29) is 17.6 Å². The van der Waals surface area contributed by atoms with Crippen LogP contribution in [0.2, 0.25) is 0 Å². The predicted octanol–water partition coefficient (Wildman–Crippen LogP) is 6.18. The molecule has 39 heavy (non-hydrogen) atoms. The molecule has 0 bridgehead atoms. The Morgan fingerprint density at radius 2 is 1.69 bits per heavy atom. The minimum atomic E-state index is -1.11. The van der Waals surface area contributed by atoms with Gasteiger partial charge in [-0.2, -0.15) is 0 Å². The summed E-state index contributed by atoms with van der Waals surface area (Å²) in [7, 11) is 3.41. The van der Waals surface area contributed by atoms with Crippen LogP contribution in [0.15, 0.2) is 28.9 Å². The molecule has 0 radical (unpaired) electrons. The minimum absolute atomic E-state index is 0.185. The molecule has 0 aliphatic heterocycles. The Hall–Kier alpha value is -3.02. The highest BCUT2D eigenvalue weighted by atomic mass is 79.9. The van der Waals surface area contributed by atoms with E-state index in [0.717, 1.165) is 0 Å². The minimum Gasteiger partial charge on any atom is -0.444 e. The second-order valence-corrected chi connectivity index (χ2v) is 12.5. The van der Waals surface area contributed by atoms with Crippen molar-refractivity contribution in [3.05, 3.63) is 28.9 Å². The molecule has 0 unspecified atom stereocenters. The van der Waals surface area contributed by atoms with E-state index in [2.05, 4.69) is 31.1 Å². The molecule has 1 heterocycles. The molecule has 2 aromatic rings. The van der Waals surface area contributed by atoms with Crippen LogP contribution in [0.1, 0.15) is 60.8 Å². The Morgan fingerprint density at radius 3 is 2.28 bits per heavy atom. The van der Waals surface area contributed by atoms with Gasteiger partial charge in [0.25, 0.3) is 0 Å². The summed E-state index contributed by atoms with van der Waals surface area (Å²) < 4.78 is 31.9. The summed E-state index contributed by atoms with van der Waals surface area (Å²) in [5.74, 6) is 0.797. The van der Waals surface area contributed by atoms with Gasteiger partial charge in [-0.25, -0.2) is 19.0 Å². The molecule has 3 atom stereocenters. The highest BCUT2D eigenvalue weighted by Crippen LogP contribution is 2.33. The quantitative estimate of drug-likeness (QED) is 0.290. The van der Waals surface area contributed by atoms with Gasteiger partial charge in [0, 0.05) is 24.6 Å². The fraction of sp³-hybridized carbons (Fsp3) is 0.593. The number of carbonyl (C=O) groups excluding carboxylic acids is 2. The molecular formula is C27H37BrFN5O5. The molecule has 1 amide bonds. The van der Waals surface area contributed by atoms with Crippen molar-refractivity contribution in [2.75, 3.05) is 19.0 Å². The summed E-state index contributed by atoms with van der Waals surface area (Å²) in [6.45, 7) is 10.7. The van der Waals surface area contributed by atoms with E-state index in [1.165, 1.54) is 6.20 Å². The number of carbonyl (C=O) groups is 2. The highest BCUT2D eigenvalue weighted by molar-refractivity contribution is 9.10. The SMILES string of the molecule is CN(C(=O)OC(C)(C)C)[C@@H]1CC[C@@H](F)[C@@H](N(C)c2cnc(-c3ccc(Br)cc3OC(=O)OC(C)(C)C)nn2)C1. The van der Waals surface area contributed by atoms with E-state index in [0.29, 0.717) is 35.1 Å². The van der Waals surface area contributed by atoms with Crippen molar-refractivity contribution < 1.29 is 28.2 Å². The van der Waals surface area contributed by atoms with Crippen molar-refractivity contribution in [3.8, 4) is 17.1 Å². The van der Waals surface area contributed by atoms with E-state index in [1.807, 2.05) is 20.8 Å². The number of amides is 1. The van der Waals surface area contributed by atoms with Crippen molar-refractivity contribution in [1.82, 2.24) is 20.1 Å². The maximum absolute atomic E-state index is 15.1. The number of anilines is 1. The smallest absolute Gasteiger partial charge is 0.444 e. The van der Waals surface area contributed by atoms with Gasteiger partial charge in [0.05, 0.1) is 17.8 Å². The van der Waals surface area contributed by atoms with E-state index in [4.69, 9.17) is 14.2 Å². The topological polar surface area (TPSA) is 107 Å². The summed E-state index contributed by atoms with van der Waals surface area (Å²) in [6.07, 6.45) is 0.330. The first-order chi connectivity index (χ1) is 18.0. The highest BCUT2D eigenvalue weighted by Gasteiger charge is 2.38. The first-order valence-electron chi connectivity index (χ1n) is 12.8.